The van der Waals surface area contributed by atoms with E-state index in [9.17, 15) is 4.79 Å². The minimum atomic E-state index is -0.253. The number of nitrogens with one attached hydrogen (secondary N) is 1. The molecule has 1 aromatic heterocycles. The third-order valence-corrected chi connectivity index (χ3v) is 3.68. The second-order valence-electron chi connectivity index (χ2n) is 4.65. The second kappa shape index (κ2) is 3.55. The quantitative estimate of drug-likeness (QED) is 0.746. The lowest BCUT2D eigenvalue weighted by Crippen LogP contribution is -2.07. The van der Waals surface area contributed by atoms with Crippen LogP contribution >= 0.6 is 0 Å². The van der Waals surface area contributed by atoms with Crippen molar-refractivity contribution in [2.24, 2.45) is 4.99 Å². The second-order valence-corrected chi connectivity index (χ2v) is 4.65. The van der Waals surface area contributed by atoms with Crippen LogP contribution < -0.4 is 0 Å². The zero-order valence-electron chi connectivity index (χ0n) is 9.79. The number of rotatable bonds is 1. The molecule has 0 radical (unpaired) electrons. The highest BCUT2D eigenvalue weighted by atomic mass is 16.1. The third kappa shape index (κ3) is 1.35. The van der Waals surface area contributed by atoms with Gasteiger partial charge in [-0.2, -0.15) is 0 Å². The van der Waals surface area contributed by atoms with Crippen molar-refractivity contribution < 1.29 is 4.79 Å². The summed E-state index contributed by atoms with van der Waals surface area (Å²) in [5.41, 5.74) is 4.11. The van der Waals surface area contributed by atoms with Crippen molar-refractivity contribution in [2.45, 2.75) is 25.7 Å². The first-order valence-corrected chi connectivity index (χ1v) is 5.87. The first-order valence-electron chi connectivity index (χ1n) is 5.87. The maximum Gasteiger partial charge on any atom is 0.293 e. The van der Waals surface area contributed by atoms with Crippen molar-refractivity contribution in [1.29, 1.82) is 0 Å². The highest BCUT2D eigenvalue weighted by Gasteiger charge is 2.24. The number of hydrogen-bond donors (Lipinski definition) is 1. The predicted molar refractivity (Wildman–Crippen MR) is 68.9 cm³/mol. The molecule has 2 aromatic rings. The van der Waals surface area contributed by atoms with E-state index in [2.05, 4.69) is 29.7 Å². The van der Waals surface area contributed by atoms with E-state index in [1.165, 1.54) is 10.9 Å². The molecule has 1 heterocycles. The van der Waals surface area contributed by atoms with Crippen LogP contribution in [0.4, 0.5) is 0 Å². The van der Waals surface area contributed by atoms with Crippen molar-refractivity contribution in [3.63, 3.8) is 0 Å². The lowest BCUT2D eigenvalue weighted by molar-refractivity contribution is 0.0999. The van der Waals surface area contributed by atoms with Crippen molar-refractivity contribution in [1.82, 2.24) is 4.98 Å². The van der Waals surface area contributed by atoms with Gasteiger partial charge in [-0.15, -0.1) is 0 Å². The van der Waals surface area contributed by atoms with Crippen molar-refractivity contribution in [2.75, 3.05) is 0 Å². The zero-order chi connectivity index (χ0) is 12.0. The van der Waals surface area contributed by atoms with Crippen molar-refractivity contribution in [3.05, 3.63) is 35.0 Å². The maximum atomic E-state index is 11.7. The van der Waals surface area contributed by atoms with Crippen LogP contribution in [-0.2, 0) is 6.42 Å². The number of amides is 1. The summed E-state index contributed by atoms with van der Waals surface area (Å²) in [6.45, 7) is 5.55. The van der Waals surface area contributed by atoms with E-state index >= 15 is 0 Å². The predicted octanol–water partition coefficient (Wildman–Crippen LogP) is 3.06. The van der Waals surface area contributed by atoms with Gasteiger partial charge < -0.3 is 4.98 Å². The number of nitrogens with zero attached hydrogens (tertiary/aromatic N) is 1. The number of aliphatic imine (C=N–C) groups is 1. The smallest absolute Gasteiger partial charge is 0.293 e. The average Bonchev–Trinajstić information content (AvgIpc) is 2.73. The van der Waals surface area contributed by atoms with Crippen LogP contribution in [0.15, 0.2) is 23.2 Å². The van der Waals surface area contributed by atoms with Gasteiger partial charge in [-0.25, -0.2) is 4.99 Å². The van der Waals surface area contributed by atoms with Gasteiger partial charge in [0.05, 0.1) is 0 Å². The number of aromatic nitrogens is 1. The Hall–Kier alpha value is -1.90. The largest absolute Gasteiger partial charge is 0.350 e. The van der Waals surface area contributed by atoms with Crippen LogP contribution in [0.1, 0.15) is 40.9 Å². The van der Waals surface area contributed by atoms with E-state index in [0.29, 0.717) is 11.6 Å². The van der Waals surface area contributed by atoms with Crippen molar-refractivity contribution in [3.8, 4) is 0 Å². The lowest BCUT2D eigenvalue weighted by Gasteiger charge is -2.19. The van der Waals surface area contributed by atoms with E-state index in [1.807, 2.05) is 12.1 Å². The fourth-order valence-electron chi connectivity index (χ4n) is 2.78. The van der Waals surface area contributed by atoms with Crippen LogP contribution in [0.2, 0.25) is 0 Å². The number of hydrogen-bond acceptors (Lipinski definition) is 1. The Kier molecular flexibility index (Phi) is 2.15. The lowest BCUT2D eigenvalue weighted by atomic mass is 9.84. The summed E-state index contributed by atoms with van der Waals surface area (Å²) in [7, 11) is 0. The molecule has 0 spiro atoms. The summed E-state index contributed by atoms with van der Waals surface area (Å²) in [6.07, 6.45) is 2.02. The molecule has 1 atom stereocenters. The van der Waals surface area contributed by atoms with E-state index in [-0.39, 0.29) is 5.91 Å². The first kappa shape index (κ1) is 10.3. The topological polar surface area (TPSA) is 45.2 Å². The van der Waals surface area contributed by atoms with Gasteiger partial charge in [-0.05, 0) is 42.7 Å². The molecule has 3 rings (SSSR count). The Balaban J connectivity index is 2.37. The molecular formula is C14H14N2O. The number of carbonyl (C=O) groups is 1. The van der Waals surface area contributed by atoms with Crippen LogP contribution in [0, 0.1) is 0 Å². The summed E-state index contributed by atoms with van der Waals surface area (Å²) >= 11 is 0. The first-order chi connectivity index (χ1) is 8.22. The molecule has 86 valence electrons. The molecule has 1 unspecified atom stereocenters. The minimum absolute atomic E-state index is 0.253. The molecule has 17 heavy (non-hydrogen) atoms. The minimum Gasteiger partial charge on any atom is -0.350 e. The Morgan fingerprint density at radius 2 is 2.35 bits per heavy atom. The summed E-state index contributed by atoms with van der Waals surface area (Å²) < 4.78 is 0. The normalized spacial score (nSPS) is 18.3. The molecule has 0 bridgehead atoms. The van der Waals surface area contributed by atoms with Gasteiger partial charge in [0.1, 0.15) is 5.69 Å². The van der Waals surface area contributed by atoms with E-state index in [1.54, 1.807) is 0 Å². The Bertz CT molecular complexity index is 624. The van der Waals surface area contributed by atoms with Gasteiger partial charge in [0.2, 0.25) is 0 Å². The highest BCUT2D eigenvalue weighted by Crippen LogP contribution is 2.38. The third-order valence-electron chi connectivity index (χ3n) is 3.68. The van der Waals surface area contributed by atoms with Gasteiger partial charge in [0.15, 0.2) is 0 Å². The summed E-state index contributed by atoms with van der Waals surface area (Å²) in [6, 6.07) is 6.20. The number of H-pyrrole nitrogens is 1. The number of benzene rings is 1. The molecule has 1 aliphatic carbocycles. The van der Waals surface area contributed by atoms with E-state index in [0.717, 1.165) is 23.9 Å². The number of aryl methyl sites for hydroxylation is 1. The maximum absolute atomic E-state index is 11.7. The van der Waals surface area contributed by atoms with Crippen LogP contribution in [0.5, 0.6) is 0 Å². The molecular weight excluding hydrogens is 212 g/mol. The number of aromatic amines is 1. The van der Waals surface area contributed by atoms with E-state index in [4.69, 9.17) is 0 Å². The zero-order valence-corrected chi connectivity index (χ0v) is 9.79. The van der Waals surface area contributed by atoms with Gasteiger partial charge >= 0.3 is 0 Å². The molecule has 0 aliphatic heterocycles. The van der Waals surface area contributed by atoms with Gasteiger partial charge in [0, 0.05) is 10.9 Å². The summed E-state index contributed by atoms with van der Waals surface area (Å²) in [5, 5.41) is 1.22. The fraction of sp³-hybridized carbons (Fsp3) is 0.286. The average molecular weight is 226 g/mol. The Labute approximate surface area is 99.6 Å². The monoisotopic (exact) mass is 226 g/mol. The van der Waals surface area contributed by atoms with Gasteiger partial charge in [-0.1, -0.05) is 19.1 Å². The van der Waals surface area contributed by atoms with Crippen LogP contribution in [0.25, 0.3) is 10.9 Å². The molecule has 1 aromatic carbocycles. The Morgan fingerprint density at radius 1 is 1.53 bits per heavy atom. The molecule has 0 saturated heterocycles. The molecule has 3 nitrogen and oxygen atoms in total. The summed E-state index contributed by atoms with van der Waals surface area (Å²) in [4.78, 5) is 18.4. The molecule has 1 N–H and O–H groups in total. The highest BCUT2D eigenvalue weighted by molar-refractivity contribution is 6.04. The van der Waals surface area contributed by atoms with Gasteiger partial charge in [-0.3, -0.25) is 4.79 Å². The molecule has 1 aliphatic rings. The fourth-order valence-corrected chi connectivity index (χ4v) is 2.78. The standard InChI is InChI=1S/C14H14N2O/c1-8-6-7-10-12-9(8)4-3-5-11(12)16-13(10)14(17)15-2/h3-5,8,16H,2,6-7H2,1H3. The van der Waals surface area contributed by atoms with E-state index < -0.39 is 0 Å². The van der Waals surface area contributed by atoms with Crippen molar-refractivity contribution >= 4 is 23.5 Å². The van der Waals surface area contributed by atoms with Gasteiger partial charge in [0.25, 0.3) is 5.91 Å². The molecule has 3 heteroatoms. The molecule has 1 amide bonds. The summed E-state index contributed by atoms with van der Waals surface area (Å²) in [5.74, 6) is 0.304. The number of carbonyl (C=O) groups excluding carboxylic acids is 1. The van der Waals surface area contributed by atoms with Crippen LogP contribution in [0.3, 0.4) is 0 Å². The SMILES string of the molecule is C=NC(=O)c1[nH]c2cccc3c2c1CCC3C. The van der Waals surface area contributed by atoms with Crippen LogP contribution in [-0.4, -0.2) is 17.6 Å². The molecule has 0 fully saturated rings. The molecule has 0 saturated carbocycles. The Morgan fingerprint density at radius 3 is 3.12 bits per heavy atom.